The number of nitrogens with zero attached hydrogens (tertiary/aromatic N) is 4. The SMILES string of the molecule is CCOC(=O)C1=CN(c2ccc(N3CCNS3(=O)=O)cc2)C(O)N(Cc2cccc([N+](=O)[O-])c2C)C1=O. The minimum Gasteiger partial charge on any atom is -0.462 e. The number of anilines is 2. The maximum absolute atomic E-state index is 13.2. The summed E-state index contributed by atoms with van der Waals surface area (Å²) in [6.07, 6.45) is -0.405. The maximum Gasteiger partial charge on any atom is 0.345 e. The Morgan fingerprint density at radius 3 is 2.49 bits per heavy atom. The zero-order valence-electron chi connectivity index (χ0n) is 20.0. The zero-order valence-corrected chi connectivity index (χ0v) is 20.8. The van der Waals surface area contributed by atoms with Crippen molar-refractivity contribution in [1.29, 1.82) is 0 Å². The lowest BCUT2D eigenvalue weighted by atomic mass is 10.1. The number of esters is 1. The average molecular weight is 532 g/mol. The Morgan fingerprint density at radius 2 is 1.89 bits per heavy atom. The molecular formula is C23H25N5O8S. The second-order valence-electron chi connectivity index (χ2n) is 8.26. The van der Waals surface area contributed by atoms with Gasteiger partial charge in [0.2, 0.25) is 6.35 Å². The fourth-order valence-corrected chi connectivity index (χ4v) is 5.37. The van der Waals surface area contributed by atoms with Gasteiger partial charge < -0.3 is 14.7 Å². The molecule has 0 bridgehead atoms. The number of rotatable bonds is 7. The van der Waals surface area contributed by atoms with Gasteiger partial charge in [-0.3, -0.25) is 24.1 Å². The number of aliphatic hydroxyl groups excluding tert-OH is 1. The molecular weight excluding hydrogens is 506 g/mol. The first-order chi connectivity index (χ1) is 17.5. The van der Waals surface area contributed by atoms with Crippen LogP contribution in [0.15, 0.2) is 54.2 Å². The van der Waals surface area contributed by atoms with Gasteiger partial charge in [0.15, 0.2) is 0 Å². The van der Waals surface area contributed by atoms with E-state index in [4.69, 9.17) is 4.74 Å². The molecule has 0 spiro atoms. The smallest absolute Gasteiger partial charge is 0.345 e. The van der Waals surface area contributed by atoms with Crippen molar-refractivity contribution in [3.05, 3.63) is 75.5 Å². The van der Waals surface area contributed by atoms with Crippen LogP contribution in [-0.4, -0.2) is 61.3 Å². The van der Waals surface area contributed by atoms with Gasteiger partial charge in [-0.15, -0.1) is 0 Å². The third-order valence-electron chi connectivity index (χ3n) is 6.06. The van der Waals surface area contributed by atoms with Crippen LogP contribution in [-0.2, 0) is 31.1 Å². The van der Waals surface area contributed by atoms with Crippen molar-refractivity contribution in [2.45, 2.75) is 26.7 Å². The molecule has 2 aromatic rings. The van der Waals surface area contributed by atoms with Crippen LogP contribution in [0.1, 0.15) is 18.1 Å². The van der Waals surface area contributed by atoms with Gasteiger partial charge in [0, 0.05) is 36.6 Å². The van der Waals surface area contributed by atoms with E-state index in [1.807, 2.05) is 0 Å². The topological polar surface area (TPSA) is 163 Å². The number of carbonyl (C=O) groups excluding carboxylic acids is 2. The second kappa shape index (κ2) is 10.2. The fourth-order valence-electron chi connectivity index (χ4n) is 4.14. The van der Waals surface area contributed by atoms with Crippen LogP contribution < -0.4 is 13.9 Å². The molecule has 37 heavy (non-hydrogen) atoms. The monoisotopic (exact) mass is 531 g/mol. The fraction of sp³-hybridized carbons (Fsp3) is 0.304. The van der Waals surface area contributed by atoms with Crippen LogP contribution in [0, 0.1) is 17.0 Å². The van der Waals surface area contributed by atoms with Crippen LogP contribution in [0.4, 0.5) is 17.1 Å². The number of nitrogens with one attached hydrogen (secondary N) is 1. The van der Waals surface area contributed by atoms with Crippen molar-refractivity contribution in [1.82, 2.24) is 9.62 Å². The molecule has 2 aromatic carbocycles. The maximum atomic E-state index is 13.2. The van der Waals surface area contributed by atoms with Gasteiger partial charge in [0.25, 0.3) is 11.6 Å². The van der Waals surface area contributed by atoms with Gasteiger partial charge in [-0.1, -0.05) is 12.1 Å². The molecule has 1 saturated heterocycles. The zero-order chi connectivity index (χ0) is 26.9. The summed E-state index contributed by atoms with van der Waals surface area (Å²) < 4.78 is 32.9. The number of amides is 1. The summed E-state index contributed by atoms with van der Waals surface area (Å²) in [6, 6.07) is 10.6. The second-order valence-corrected chi connectivity index (χ2v) is 9.94. The highest BCUT2D eigenvalue weighted by atomic mass is 32.2. The average Bonchev–Trinajstić information content (AvgIpc) is 3.21. The largest absolute Gasteiger partial charge is 0.462 e. The number of hydrogen-bond donors (Lipinski definition) is 2. The van der Waals surface area contributed by atoms with Crippen molar-refractivity contribution in [2.75, 3.05) is 28.9 Å². The number of ether oxygens (including phenoxy) is 1. The van der Waals surface area contributed by atoms with E-state index in [0.29, 0.717) is 22.5 Å². The summed E-state index contributed by atoms with van der Waals surface area (Å²) in [5.41, 5.74) is 0.998. The normalized spacial score (nSPS) is 19.1. The van der Waals surface area contributed by atoms with Crippen molar-refractivity contribution in [2.24, 2.45) is 0 Å². The predicted molar refractivity (Wildman–Crippen MR) is 132 cm³/mol. The van der Waals surface area contributed by atoms with E-state index < -0.39 is 33.4 Å². The van der Waals surface area contributed by atoms with E-state index in [0.717, 1.165) is 4.90 Å². The lowest BCUT2D eigenvalue weighted by Gasteiger charge is -2.39. The number of carbonyl (C=O) groups is 2. The Kier molecular flexibility index (Phi) is 7.16. The molecule has 1 amide bonds. The van der Waals surface area contributed by atoms with Crippen molar-refractivity contribution < 1.29 is 32.8 Å². The van der Waals surface area contributed by atoms with Crippen LogP contribution in [0.3, 0.4) is 0 Å². The number of aliphatic hydroxyl groups is 1. The number of hydrogen-bond acceptors (Lipinski definition) is 9. The van der Waals surface area contributed by atoms with Gasteiger partial charge in [-0.25, -0.2) is 4.79 Å². The first-order valence-electron chi connectivity index (χ1n) is 11.3. The summed E-state index contributed by atoms with van der Waals surface area (Å²) in [7, 11) is -3.63. The highest BCUT2D eigenvalue weighted by Crippen LogP contribution is 2.31. The number of benzene rings is 2. The van der Waals surface area contributed by atoms with Gasteiger partial charge in [0.1, 0.15) is 5.57 Å². The van der Waals surface area contributed by atoms with Gasteiger partial charge in [-0.2, -0.15) is 13.1 Å². The highest BCUT2D eigenvalue weighted by Gasteiger charge is 2.38. The van der Waals surface area contributed by atoms with Crippen molar-refractivity contribution >= 4 is 39.1 Å². The number of nitro groups is 1. The molecule has 1 atom stereocenters. The molecule has 2 N–H and O–H groups in total. The first-order valence-corrected chi connectivity index (χ1v) is 12.8. The van der Waals surface area contributed by atoms with Crippen LogP contribution >= 0.6 is 0 Å². The predicted octanol–water partition coefficient (Wildman–Crippen LogP) is 1.13. The molecule has 13 nitrogen and oxygen atoms in total. The first kappa shape index (κ1) is 26.1. The van der Waals surface area contributed by atoms with Crippen LogP contribution in [0.25, 0.3) is 0 Å². The molecule has 0 saturated carbocycles. The Bertz CT molecular complexity index is 1380. The molecule has 0 aromatic heterocycles. The third kappa shape index (κ3) is 4.98. The Labute approximate surface area is 212 Å². The van der Waals surface area contributed by atoms with Gasteiger partial charge >= 0.3 is 16.2 Å². The third-order valence-corrected chi connectivity index (χ3v) is 7.61. The van der Waals surface area contributed by atoms with E-state index in [-0.39, 0.29) is 37.5 Å². The molecule has 0 aliphatic carbocycles. The molecule has 2 aliphatic heterocycles. The minimum absolute atomic E-state index is 0.0169. The molecule has 0 radical (unpaired) electrons. The molecule has 2 heterocycles. The van der Waals surface area contributed by atoms with Crippen LogP contribution in [0.5, 0.6) is 0 Å². The van der Waals surface area contributed by atoms with E-state index in [1.165, 1.54) is 58.7 Å². The molecule has 196 valence electrons. The quantitative estimate of drug-likeness (QED) is 0.231. The van der Waals surface area contributed by atoms with E-state index in [1.54, 1.807) is 13.0 Å². The van der Waals surface area contributed by atoms with Crippen molar-refractivity contribution in [3.8, 4) is 0 Å². The van der Waals surface area contributed by atoms with E-state index >= 15 is 0 Å². The lowest BCUT2D eigenvalue weighted by molar-refractivity contribution is -0.385. The Balaban J connectivity index is 1.70. The Hall–Kier alpha value is -4.01. The summed E-state index contributed by atoms with van der Waals surface area (Å²) >= 11 is 0. The van der Waals surface area contributed by atoms with Crippen molar-refractivity contribution in [3.63, 3.8) is 0 Å². The number of nitro benzene ring substituents is 1. The molecule has 14 heteroatoms. The molecule has 2 aliphatic rings. The standard InChI is InChI=1S/C23H25N5O8S/c1-3-36-22(30)19-14-25(17-7-9-18(10-8-17)27-12-11-24-37(27,34)35)23(31)26(21(19)29)13-16-5-4-6-20(15(16)2)28(32)33/h4-10,14,23-24,31H,3,11-13H2,1-2H3. The summed E-state index contributed by atoms with van der Waals surface area (Å²) in [4.78, 5) is 38.9. The van der Waals surface area contributed by atoms with Gasteiger partial charge in [-0.05, 0) is 43.7 Å². The summed E-state index contributed by atoms with van der Waals surface area (Å²) in [6.45, 7) is 3.44. The molecule has 1 fully saturated rings. The molecule has 4 rings (SSSR count). The minimum atomic E-state index is -3.63. The summed E-state index contributed by atoms with van der Waals surface area (Å²) in [5.74, 6) is -1.70. The van der Waals surface area contributed by atoms with Crippen LogP contribution in [0.2, 0.25) is 0 Å². The van der Waals surface area contributed by atoms with Gasteiger partial charge in [0.05, 0.1) is 23.8 Å². The Morgan fingerprint density at radius 1 is 1.22 bits per heavy atom. The van der Waals surface area contributed by atoms with E-state index in [9.17, 15) is 33.2 Å². The van der Waals surface area contributed by atoms with E-state index in [2.05, 4.69) is 4.72 Å². The summed E-state index contributed by atoms with van der Waals surface area (Å²) in [5, 5.41) is 22.5. The molecule has 1 unspecified atom stereocenters. The lowest BCUT2D eigenvalue weighted by Crippen LogP contribution is -2.54. The highest BCUT2D eigenvalue weighted by molar-refractivity contribution is 7.91.